The topological polar surface area (TPSA) is 227 Å². The molecule has 0 fully saturated rings. The number of aliphatic hydroxyl groups excluding tert-OH is 1. The van der Waals surface area contributed by atoms with Crippen LogP contribution in [0.2, 0.25) is 0 Å². The van der Waals surface area contributed by atoms with E-state index in [9.17, 15) is 50.4 Å². The number of aromatic nitrogens is 2. The number of hydrogen-bond donors (Lipinski definition) is 6. The molecule has 15 nitrogen and oxygen atoms in total. The van der Waals surface area contributed by atoms with Crippen molar-refractivity contribution >= 4 is 35.7 Å². The number of ether oxygens (including phenoxy) is 1. The van der Waals surface area contributed by atoms with Crippen molar-refractivity contribution in [3.05, 3.63) is 27.1 Å². The molecule has 0 radical (unpaired) electrons. The molecule has 0 amide bonds. The largest absolute Gasteiger partial charge is 0.490 e. The van der Waals surface area contributed by atoms with Gasteiger partial charge in [0.25, 0.3) is 5.56 Å². The number of phosphoric acid groups is 3. The van der Waals surface area contributed by atoms with Gasteiger partial charge in [-0.2, -0.15) is 26.2 Å². The summed E-state index contributed by atoms with van der Waals surface area (Å²) in [5.41, 5.74) is -1.49. The van der Waals surface area contributed by atoms with E-state index >= 15 is 0 Å². The highest BCUT2D eigenvalue weighted by molar-refractivity contribution is 7.71. The third-order valence-electron chi connectivity index (χ3n) is 2.85. The first kappa shape index (κ1) is 30.1. The van der Waals surface area contributed by atoms with E-state index in [0.29, 0.717) is 0 Å². The maximum Gasteiger partial charge on any atom is 0.490 e. The zero-order valence-electron chi connectivity index (χ0n) is 15.1. The standard InChI is InChI=1S/C9H12F5N2O13P3S/c10-3-1-16(8(33)15-6(3)18)7(5(11)9(12,13)14)27-4(17)2-26-31(22,23)29-32(24,25)28-30(19,20)21/h1,4-5,7,17H,2H2,(H,22,23)(H,24,25)(H,15,18,33)(H2,19,20,21). The second-order valence-electron chi connectivity index (χ2n) is 5.46. The minimum atomic E-state index is -5.95. The second kappa shape index (κ2) is 10.8. The lowest BCUT2D eigenvalue weighted by molar-refractivity contribution is -0.261. The van der Waals surface area contributed by atoms with E-state index in [0.717, 1.165) is 0 Å². The Morgan fingerprint density at radius 3 is 2.15 bits per heavy atom. The zero-order chi connectivity index (χ0) is 26.0. The predicted octanol–water partition coefficient (Wildman–Crippen LogP) is 1.12. The summed E-state index contributed by atoms with van der Waals surface area (Å²) < 4.78 is 113. The Morgan fingerprint density at radius 1 is 1.12 bits per heavy atom. The van der Waals surface area contributed by atoms with Crippen LogP contribution in [-0.4, -0.2) is 59.5 Å². The molecule has 0 bridgehead atoms. The third kappa shape index (κ3) is 10.1. The van der Waals surface area contributed by atoms with Crippen molar-refractivity contribution in [2.45, 2.75) is 24.9 Å². The molecule has 0 aliphatic heterocycles. The number of nitrogens with one attached hydrogen (secondary N) is 1. The van der Waals surface area contributed by atoms with Crippen molar-refractivity contribution in [1.82, 2.24) is 9.55 Å². The number of hydrogen-bond acceptors (Lipinski definition) is 10. The van der Waals surface area contributed by atoms with Gasteiger partial charge >= 0.3 is 29.6 Å². The minimum absolute atomic E-state index is 0.000780. The normalized spacial score (nSPS) is 19.3. The first-order chi connectivity index (χ1) is 14.6. The molecule has 33 heavy (non-hydrogen) atoms. The van der Waals surface area contributed by atoms with Gasteiger partial charge in [-0.05, 0) is 12.2 Å². The van der Waals surface area contributed by atoms with Crippen molar-refractivity contribution in [3.63, 3.8) is 0 Å². The van der Waals surface area contributed by atoms with E-state index in [4.69, 9.17) is 14.7 Å². The summed E-state index contributed by atoms with van der Waals surface area (Å²) in [7, 11) is -17.5. The van der Waals surface area contributed by atoms with Crippen molar-refractivity contribution in [1.29, 1.82) is 0 Å². The van der Waals surface area contributed by atoms with E-state index in [-0.39, 0.29) is 10.8 Å². The van der Waals surface area contributed by atoms with Crippen molar-refractivity contribution < 1.29 is 78.2 Å². The molecule has 0 spiro atoms. The molecule has 24 heteroatoms. The van der Waals surface area contributed by atoms with Crippen LogP contribution < -0.4 is 5.56 Å². The Morgan fingerprint density at radius 2 is 1.67 bits per heavy atom. The van der Waals surface area contributed by atoms with Gasteiger partial charge in [-0.1, -0.05) is 0 Å². The number of H-pyrrole nitrogens is 1. The van der Waals surface area contributed by atoms with Crippen molar-refractivity contribution in [3.8, 4) is 0 Å². The molecule has 1 aromatic rings. The van der Waals surface area contributed by atoms with E-state index < -0.39 is 71.1 Å². The smallest absolute Gasteiger partial charge is 0.366 e. The molecule has 5 unspecified atom stereocenters. The number of aromatic amines is 1. The average molecular weight is 576 g/mol. The van der Waals surface area contributed by atoms with Crippen LogP contribution in [0.5, 0.6) is 0 Å². The van der Waals surface area contributed by atoms with Gasteiger partial charge in [-0.15, -0.1) is 0 Å². The van der Waals surface area contributed by atoms with Crippen LogP contribution in [0.25, 0.3) is 0 Å². The zero-order valence-corrected chi connectivity index (χ0v) is 18.6. The molecule has 1 rings (SSSR count). The van der Waals surface area contributed by atoms with Crippen LogP contribution in [0.3, 0.4) is 0 Å². The molecule has 1 heterocycles. The van der Waals surface area contributed by atoms with Crippen molar-refractivity contribution in [2.75, 3.05) is 6.61 Å². The summed E-state index contributed by atoms with van der Waals surface area (Å²) in [6.07, 6.45) is -15.6. The molecule has 192 valence electrons. The van der Waals surface area contributed by atoms with Gasteiger partial charge in [0, 0.05) is 0 Å². The Bertz CT molecular complexity index is 1100. The van der Waals surface area contributed by atoms with Crippen LogP contribution >= 0.6 is 35.7 Å². The van der Waals surface area contributed by atoms with E-state index in [1.807, 2.05) is 0 Å². The minimum Gasteiger partial charge on any atom is -0.366 e. The molecule has 0 saturated heterocycles. The summed E-state index contributed by atoms with van der Waals surface area (Å²) in [6, 6.07) is 0. The molecule has 6 N–H and O–H groups in total. The number of nitrogens with zero attached hydrogens (tertiary/aromatic N) is 1. The average Bonchev–Trinajstić information content (AvgIpc) is 2.57. The Kier molecular flexibility index (Phi) is 9.83. The summed E-state index contributed by atoms with van der Waals surface area (Å²) in [4.78, 5) is 47.5. The fraction of sp³-hybridized carbons (Fsp3) is 0.556. The summed E-state index contributed by atoms with van der Waals surface area (Å²) >= 11 is 4.47. The monoisotopic (exact) mass is 576 g/mol. The lowest BCUT2D eigenvalue weighted by Crippen LogP contribution is -2.39. The maximum atomic E-state index is 13.9. The van der Waals surface area contributed by atoms with Crippen LogP contribution in [0.4, 0.5) is 22.0 Å². The van der Waals surface area contributed by atoms with E-state index in [1.165, 1.54) is 0 Å². The first-order valence-corrected chi connectivity index (χ1v) is 12.4. The Labute approximate surface area is 182 Å². The lowest BCUT2D eigenvalue weighted by Gasteiger charge is -2.27. The number of rotatable bonds is 11. The molecule has 0 aliphatic carbocycles. The molecular weight excluding hydrogens is 564 g/mol. The Hall–Kier alpha value is -0.920. The van der Waals surface area contributed by atoms with Gasteiger partial charge in [-0.25, -0.2) is 18.1 Å². The number of alkyl halides is 4. The molecule has 0 aromatic carbocycles. The van der Waals surface area contributed by atoms with Gasteiger partial charge in [0.15, 0.2) is 17.3 Å². The molecule has 5 atom stereocenters. The van der Waals surface area contributed by atoms with Gasteiger partial charge in [0.05, 0.1) is 6.20 Å². The summed E-state index contributed by atoms with van der Waals surface area (Å²) in [6.45, 7) is -1.70. The van der Waals surface area contributed by atoms with Crippen molar-refractivity contribution in [2.24, 2.45) is 0 Å². The quantitative estimate of drug-likeness (QED) is 0.0940. The van der Waals surface area contributed by atoms with Crippen LogP contribution in [-0.2, 0) is 31.6 Å². The highest BCUT2D eigenvalue weighted by Crippen LogP contribution is 2.66. The molecular formula is C9H12F5N2O13P3S. The van der Waals surface area contributed by atoms with E-state index in [2.05, 4.69) is 30.1 Å². The first-order valence-electron chi connectivity index (χ1n) is 7.47. The molecule has 0 saturated carbocycles. The van der Waals surface area contributed by atoms with Gasteiger partial charge in [0.2, 0.25) is 12.0 Å². The number of phosphoric ester groups is 1. The van der Waals surface area contributed by atoms with Gasteiger partial charge < -0.3 is 29.4 Å². The number of halogens is 5. The van der Waals surface area contributed by atoms with Gasteiger partial charge in [-0.3, -0.25) is 18.9 Å². The molecule has 0 aliphatic rings. The lowest BCUT2D eigenvalue weighted by atomic mass is 10.3. The van der Waals surface area contributed by atoms with E-state index in [1.54, 1.807) is 4.98 Å². The third-order valence-corrected chi connectivity index (χ3v) is 6.97. The fourth-order valence-corrected chi connectivity index (χ4v) is 5.01. The summed E-state index contributed by atoms with van der Waals surface area (Å²) in [5, 5.41) is 9.59. The highest BCUT2D eigenvalue weighted by Gasteiger charge is 2.48. The highest BCUT2D eigenvalue weighted by atomic mass is 32.1. The second-order valence-corrected chi connectivity index (χ2v) is 10.3. The maximum absolute atomic E-state index is 13.9. The Balaban J connectivity index is 3.04. The molecule has 1 aromatic heterocycles. The number of aliphatic hydroxyl groups is 1. The van der Waals surface area contributed by atoms with Crippen LogP contribution in [0.1, 0.15) is 6.23 Å². The summed E-state index contributed by atoms with van der Waals surface area (Å²) in [5.74, 6) is -1.74. The predicted molar refractivity (Wildman–Crippen MR) is 92.7 cm³/mol. The van der Waals surface area contributed by atoms with Gasteiger partial charge in [0.1, 0.15) is 6.61 Å². The van der Waals surface area contributed by atoms with Crippen LogP contribution in [0.15, 0.2) is 11.0 Å². The SMILES string of the molecule is O=c1[nH]c(=S)n(C(OC(O)COP(=O)(O)OP(=O)(O)OP(=O)(O)O)C(F)C(F)(F)F)cc1F. The fourth-order valence-electron chi connectivity index (χ4n) is 1.75. The van der Waals surface area contributed by atoms with Crippen LogP contribution in [0, 0.1) is 10.6 Å².